The van der Waals surface area contributed by atoms with Gasteiger partial charge in [-0.15, -0.1) is 0 Å². The van der Waals surface area contributed by atoms with Gasteiger partial charge < -0.3 is 14.4 Å². The van der Waals surface area contributed by atoms with E-state index in [2.05, 4.69) is 0 Å². The molecule has 1 aliphatic rings. The van der Waals surface area contributed by atoms with Gasteiger partial charge in [-0.2, -0.15) is 0 Å². The molecule has 1 aromatic carbocycles. The molecule has 0 saturated carbocycles. The molecule has 0 saturated heterocycles. The smallest absolute Gasteiger partial charge is 0.123 e. The molecule has 2 unspecified atom stereocenters. The molecular formula is C17H20FNO2. The molecule has 0 aliphatic carbocycles. The molecule has 2 aromatic rings. The highest BCUT2D eigenvalue weighted by molar-refractivity contribution is 5.37. The first-order valence-electron chi connectivity index (χ1n) is 7.32. The number of aromatic nitrogens is 1. The first kappa shape index (κ1) is 14.1. The number of ether oxygens (including phenoxy) is 1. The Morgan fingerprint density at radius 1 is 1.38 bits per heavy atom. The summed E-state index contributed by atoms with van der Waals surface area (Å²) in [6.45, 7) is 4.68. The number of nitrogens with zero attached hydrogens (tertiary/aromatic N) is 1. The van der Waals surface area contributed by atoms with Crippen molar-refractivity contribution in [3.05, 3.63) is 53.6 Å². The Kier molecular flexibility index (Phi) is 3.72. The maximum Gasteiger partial charge on any atom is 0.123 e. The van der Waals surface area contributed by atoms with E-state index in [1.54, 1.807) is 12.1 Å². The Morgan fingerprint density at radius 3 is 2.95 bits per heavy atom. The van der Waals surface area contributed by atoms with Crippen LogP contribution in [0.2, 0.25) is 0 Å². The van der Waals surface area contributed by atoms with Gasteiger partial charge in [0.05, 0.1) is 12.6 Å². The number of rotatable bonds is 4. The van der Waals surface area contributed by atoms with E-state index in [-0.39, 0.29) is 17.8 Å². The molecule has 0 fully saturated rings. The van der Waals surface area contributed by atoms with E-state index in [1.807, 2.05) is 36.9 Å². The lowest BCUT2D eigenvalue weighted by molar-refractivity contribution is 0.126. The second kappa shape index (κ2) is 5.53. The molecule has 2 atom stereocenters. The Bertz CT molecular complexity index is 635. The summed E-state index contributed by atoms with van der Waals surface area (Å²) in [5, 5.41) is 10.1. The molecule has 4 heteroatoms. The number of fused-ring (bicyclic) bond motifs is 1. The third-order valence-corrected chi connectivity index (χ3v) is 3.92. The molecule has 2 heterocycles. The topological polar surface area (TPSA) is 34.4 Å². The number of halogens is 1. The molecule has 1 N–H and O–H groups in total. The maximum absolute atomic E-state index is 13.2. The summed E-state index contributed by atoms with van der Waals surface area (Å²) in [6.07, 6.45) is 4.19. The van der Waals surface area contributed by atoms with Gasteiger partial charge in [-0.25, -0.2) is 4.39 Å². The highest BCUT2D eigenvalue weighted by atomic mass is 19.1. The van der Waals surface area contributed by atoms with Crippen LogP contribution in [0.15, 0.2) is 36.7 Å². The number of benzene rings is 1. The Labute approximate surface area is 124 Å². The number of aliphatic hydroxyl groups is 1. The molecule has 1 aliphatic heterocycles. The first-order chi connectivity index (χ1) is 10.0. The molecule has 0 spiro atoms. The van der Waals surface area contributed by atoms with Crippen molar-refractivity contribution in [3.8, 4) is 5.75 Å². The molecule has 21 heavy (non-hydrogen) atoms. The summed E-state index contributed by atoms with van der Waals surface area (Å²) in [6, 6.07) is 6.59. The summed E-state index contributed by atoms with van der Waals surface area (Å²) >= 11 is 0. The van der Waals surface area contributed by atoms with Gasteiger partial charge in [0.1, 0.15) is 17.7 Å². The van der Waals surface area contributed by atoms with Crippen LogP contribution in [-0.4, -0.2) is 15.8 Å². The summed E-state index contributed by atoms with van der Waals surface area (Å²) in [7, 11) is 0. The van der Waals surface area contributed by atoms with Crippen LogP contribution in [0.3, 0.4) is 0 Å². The molecule has 0 amide bonds. The van der Waals surface area contributed by atoms with Crippen LogP contribution >= 0.6 is 0 Å². The monoisotopic (exact) mass is 289 g/mol. The van der Waals surface area contributed by atoms with Gasteiger partial charge in [0.15, 0.2) is 0 Å². The maximum atomic E-state index is 13.2. The first-order valence-corrected chi connectivity index (χ1v) is 7.32. The highest BCUT2D eigenvalue weighted by Crippen LogP contribution is 2.30. The second-order valence-electron chi connectivity index (χ2n) is 6.03. The molecular weight excluding hydrogens is 269 g/mol. The van der Waals surface area contributed by atoms with Gasteiger partial charge in [-0.3, -0.25) is 0 Å². The third-order valence-electron chi connectivity index (χ3n) is 3.92. The molecule has 112 valence electrons. The van der Waals surface area contributed by atoms with E-state index in [4.69, 9.17) is 4.74 Å². The van der Waals surface area contributed by atoms with Crippen molar-refractivity contribution in [2.75, 3.05) is 0 Å². The van der Waals surface area contributed by atoms with Gasteiger partial charge in [-0.05, 0) is 35.7 Å². The normalized spacial score (nSPS) is 18.6. The molecule has 3 nitrogen and oxygen atoms in total. The van der Waals surface area contributed by atoms with Crippen LogP contribution in [0.1, 0.15) is 31.1 Å². The minimum absolute atomic E-state index is 0.0123. The van der Waals surface area contributed by atoms with Gasteiger partial charge >= 0.3 is 0 Å². The lowest BCUT2D eigenvalue weighted by Crippen LogP contribution is -2.19. The SMILES string of the molecule is CC(C)C(O)c1ccn(CC2Cc3cc(F)ccc3O2)c1. The van der Waals surface area contributed by atoms with Crippen molar-refractivity contribution in [1.82, 2.24) is 4.57 Å². The summed E-state index contributed by atoms with van der Waals surface area (Å²) < 4.78 is 21.0. The third kappa shape index (κ3) is 2.95. The molecule has 0 radical (unpaired) electrons. The Balaban J connectivity index is 1.66. The fourth-order valence-corrected chi connectivity index (χ4v) is 2.76. The zero-order valence-electron chi connectivity index (χ0n) is 12.3. The number of aliphatic hydroxyl groups excluding tert-OH is 1. The largest absolute Gasteiger partial charge is 0.488 e. The van der Waals surface area contributed by atoms with Crippen molar-refractivity contribution in [1.29, 1.82) is 0 Å². The van der Waals surface area contributed by atoms with Gasteiger partial charge in [0.2, 0.25) is 0 Å². The van der Waals surface area contributed by atoms with E-state index in [9.17, 15) is 9.50 Å². The average Bonchev–Trinajstić information content (AvgIpc) is 3.04. The zero-order chi connectivity index (χ0) is 15.0. The van der Waals surface area contributed by atoms with E-state index < -0.39 is 6.10 Å². The van der Waals surface area contributed by atoms with Gasteiger partial charge in [0, 0.05) is 24.4 Å². The summed E-state index contributed by atoms with van der Waals surface area (Å²) in [4.78, 5) is 0. The van der Waals surface area contributed by atoms with Crippen molar-refractivity contribution in [2.45, 2.75) is 39.0 Å². The van der Waals surface area contributed by atoms with Crippen molar-refractivity contribution in [3.63, 3.8) is 0 Å². The van der Waals surface area contributed by atoms with E-state index in [0.717, 1.165) is 16.9 Å². The van der Waals surface area contributed by atoms with Crippen LogP contribution < -0.4 is 4.74 Å². The fraction of sp³-hybridized carbons (Fsp3) is 0.412. The van der Waals surface area contributed by atoms with Crippen LogP contribution in [-0.2, 0) is 13.0 Å². The molecule has 1 aromatic heterocycles. The van der Waals surface area contributed by atoms with Crippen LogP contribution in [0.25, 0.3) is 0 Å². The quantitative estimate of drug-likeness (QED) is 0.937. The molecule has 0 bridgehead atoms. The van der Waals surface area contributed by atoms with Crippen LogP contribution in [0, 0.1) is 11.7 Å². The average molecular weight is 289 g/mol. The number of hydrogen-bond acceptors (Lipinski definition) is 2. The second-order valence-corrected chi connectivity index (χ2v) is 6.03. The predicted molar refractivity (Wildman–Crippen MR) is 78.7 cm³/mol. The van der Waals surface area contributed by atoms with E-state index in [0.29, 0.717) is 13.0 Å². The lowest BCUT2D eigenvalue weighted by atomic mass is 10.0. The Morgan fingerprint density at radius 2 is 2.19 bits per heavy atom. The lowest BCUT2D eigenvalue weighted by Gasteiger charge is -2.13. The Hall–Kier alpha value is -1.81. The van der Waals surface area contributed by atoms with Crippen molar-refractivity contribution in [2.24, 2.45) is 5.92 Å². The fourth-order valence-electron chi connectivity index (χ4n) is 2.76. The summed E-state index contributed by atoms with van der Waals surface area (Å²) in [5.41, 5.74) is 1.85. The minimum atomic E-state index is -0.443. The number of hydrogen-bond donors (Lipinski definition) is 1. The van der Waals surface area contributed by atoms with Crippen LogP contribution in [0.4, 0.5) is 4.39 Å². The van der Waals surface area contributed by atoms with Gasteiger partial charge in [0.25, 0.3) is 0 Å². The molecule has 3 rings (SSSR count). The summed E-state index contributed by atoms with van der Waals surface area (Å²) in [5.74, 6) is 0.744. The zero-order valence-corrected chi connectivity index (χ0v) is 12.3. The van der Waals surface area contributed by atoms with Crippen molar-refractivity contribution >= 4 is 0 Å². The van der Waals surface area contributed by atoms with Crippen LogP contribution in [0.5, 0.6) is 5.75 Å². The van der Waals surface area contributed by atoms with E-state index >= 15 is 0 Å². The minimum Gasteiger partial charge on any atom is -0.488 e. The highest BCUT2D eigenvalue weighted by Gasteiger charge is 2.24. The predicted octanol–water partition coefficient (Wildman–Crippen LogP) is 3.32. The van der Waals surface area contributed by atoms with Gasteiger partial charge in [-0.1, -0.05) is 13.8 Å². The standard InChI is InChI=1S/C17H20FNO2/c1-11(2)17(20)12-5-6-19(9-12)10-15-8-13-7-14(18)3-4-16(13)21-15/h3-7,9,11,15,17,20H,8,10H2,1-2H3. The van der Waals surface area contributed by atoms with Crippen molar-refractivity contribution < 1.29 is 14.2 Å². The van der Waals surface area contributed by atoms with E-state index in [1.165, 1.54) is 6.07 Å².